The van der Waals surface area contributed by atoms with Crippen molar-refractivity contribution >= 4 is 24.0 Å². The number of carbonyl (C=O) groups is 2. The molecule has 0 aromatic heterocycles. The molecule has 0 saturated carbocycles. The van der Waals surface area contributed by atoms with E-state index < -0.39 is 17.0 Å². The van der Waals surface area contributed by atoms with Crippen LogP contribution in [0.25, 0.3) is 0 Å². The largest absolute Gasteiger partial charge is 0.351 e. The molecule has 0 aliphatic carbocycles. The second-order valence-corrected chi connectivity index (χ2v) is 3.04. The number of hydrogen-bond donors (Lipinski definition) is 3. The van der Waals surface area contributed by atoms with Crippen LogP contribution in [0, 0.1) is 10.1 Å². The predicted molar refractivity (Wildman–Crippen MR) is 61.9 cm³/mol. The Hall–Kier alpha value is -2.97. The van der Waals surface area contributed by atoms with E-state index in [1.54, 1.807) is 11.4 Å². The van der Waals surface area contributed by atoms with Gasteiger partial charge in [0.2, 0.25) is 0 Å². The summed E-state index contributed by atoms with van der Waals surface area (Å²) in [6.45, 7) is 0. The summed E-state index contributed by atoms with van der Waals surface area (Å²) < 4.78 is 0. The fourth-order valence-electron chi connectivity index (χ4n) is 1.02. The second kappa shape index (κ2) is 5.94. The third-order valence-corrected chi connectivity index (χ3v) is 1.70. The number of hydrogen-bond acceptors (Lipinski definition) is 5. The summed E-state index contributed by atoms with van der Waals surface area (Å²) >= 11 is 0. The van der Waals surface area contributed by atoms with E-state index >= 15 is 0 Å². The first kappa shape index (κ1) is 13.1. The number of amides is 4. The fraction of sp³-hybridized carbons (Fsp3) is 0. The molecule has 1 aromatic carbocycles. The van der Waals surface area contributed by atoms with Gasteiger partial charge in [-0.2, -0.15) is 5.10 Å². The van der Waals surface area contributed by atoms with E-state index in [1.165, 1.54) is 24.4 Å². The average Bonchev–Trinajstić information content (AvgIpc) is 2.28. The van der Waals surface area contributed by atoms with Gasteiger partial charge < -0.3 is 5.73 Å². The number of urea groups is 2. The van der Waals surface area contributed by atoms with Crippen molar-refractivity contribution in [2.45, 2.75) is 0 Å². The molecule has 0 heterocycles. The zero-order valence-corrected chi connectivity index (χ0v) is 8.99. The van der Waals surface area contributed by atoms with Crippen LogP contribution in [0.5, 0.6) is 0 Å². The molecule has 0 aliphatic heterocycles. The number of imide groups is 1. The van der Waals surface area contributed by atoms with Crippen molar-refractivity contribution in [3.8, 4) is 0 Å². The molecule has 9 nitrogen and oxygen atoms in total. The highest BCUT2D eigenvalue weighted by atomic mass is 16.6. The average molecular weight is 251 g/mol. The second-order valence-electron chi connectivity index (χ2n) is 3.04. The number of nitrogens with one attached hydrogen (secondary N) is 2. The number of nitrogens with zero attached hydrogens (tertiary/aromatic N) is 2. The van der Waals surface area contributed by atoms with Gasteiger partial charge in [-0.1, -0.05) is 12.1 Å². The SMILES string of the molecule is NC(=O)NC(=O)NN=Cc1cccc([N+](=O)[O-])c1. The third kappa shape index (κ3) is 4.26. The van der Waals surface area contributed by atoms with Gasteiger partial charge in [-0.3, -0.25) is 15.4 Å². The topological polar surface area (TPSA) is 140 Å². The molecule has 94 valence electrons. The van der Waals surface area contributed by atoms with E-state index in [0.717, 1.165) is 0 Å². The van der Waals surface area contributed by atoms with Crippen molar-refractivity contribution < 1.29 is 14.5 Å². The van der Waals surface area contributed by atoms with Crippen molar-refractivity contribution in [1.82, 2.24) is 10.7 Å². The van der Waals surface area contributed by atoms with Crippen LogP contribution in [-0.2, 0) is 0 Å². The number of nitro groups is 1. The summed E-state index contributed by atoms with van der Waals surface area (Å²) in [5.74, 6) is 0. The van der Waals surface area contributed by atoms with E-state index in [2.05, 4.69) is 5.10 Å². The summed E-state index contributed by atoms with van der Waals surface area (Å²) in [4.78, 5) is 31.1. The molecule has 1 aromatic rings. The highest BCUT2D eigenvalue weighted by Gasteiger charge is 2.04. The number of primary amides is 1. The first-order chi connectivity index (χ1) is 8.49. The lowest BCUT2D eigenvalue weighted by atomic mass is 10.2. The number of carbonyl (C=O) groups excluding carboxylic acids is 2. The third-order valence-electron chi connectivity index (χ3n) is 1.70. The van der Waals surface area contributed by atoms with Crippen LogP contribution in [0.1, 0.15) is 5.56 Å². The van der Waals surface area contributed by atoms with E-state index in [9.17, 15) is 19.7 Å². The molecular weight excluding hydrogens is 242 g/mol. The Bertz CT molecular complexity index is 513. The Kier molecular flexibility index (Phi) is 4.32. The highest BCUT2D eigenvalue weighted by Crippen LogP contribution is 2.11. The Labute approximate surface area is 101 Å². The summed E-state index contributed by atoms with van der Waals surface area (Å²) in [6, 6.07) is 3.72. The minimum atomic E-state index is -1.02. The fourth-order valence-corrected chi connectivity index (χ4v) is 1.02. The van der Waals surface area contributed by atoms with Crippen molar-refractivity contribution in [3.05, 3.63) is 39.9 Å². The number of rotatable bonds is 3. The van der Waals surface area contributed by atoms with Crippen molar-refractivity contribution in [2.24, 2.45) is 10.8 Å². The molecular formula is C9H9N5O4. The Morgan fingerprint density at radius 3 is 2.78 bits per heavy atom. The van der Waals surface area contributed by atoms with Gasteiger partial charge >= 0.3 is 12.1 Å². The van der Waals surface area contributed by atoms with Crippen LogP contribution in [0.15, 0.2) is 29.4 Å². The molecule has 0 aliphatic rings. The molecule has 0 bridgehead atoms. The normalized spacial score (nSPS) is 10.0. The first-order valence-electron chi connectivity index (χ1n) is 4.63. The smallest absolute Gasteiger partial charge is 0.343 e. The number of hydrazone groups is 1. The molecule has 0 saturated heterocycles. The first-order valence-corrected chi connectivity index (χ1v) is 4.63. The summed E-state index contributed by atoms with van der Waals surface area (Å²) in [5, 5.41) is 15.7. The van der Waals surface area contributed by atoms with Gasteiger partial charge in [0, 0.05) is 17.7 Å². The molecule has 0 unspecified atom stereocenters. The standard InChI is InChI=1S/C9H9N5O4/c10-8(15)12-9(16)13-11-5-6-2-1-3-7(4-6)14(17)18/h1-5H,(H4,10,12,13,15,16). The molecule has 1 rings (SSSR count). The quantitative estimate of drug-likeness (QED) is 0.403. The summed E-state index contributed by atoms with van der Waals surface area (Å²) in [6.07, 6.45) is 1.19. The zero-order chi connectivity index (χ0) is 13.5. The molecule has 4 N–H and O–H groups in total. The predicted octanol–water partition coefficient (Wildman–Crippen LogP) is 0.307. The van der Waals surface area contributed by atoms with Crippen LogP contribution in [0.3, 0.4) is 0 Å². The van der Waals surface area contributed by atoms with Crippen molar-refractivity contribution in [1.29, 1.82) is 0 Å². The Balaban J connectivity index is 2.62. The minimum Gasteiger partial charge on any atom is -0.351 e. The van der Waals surface area contributed by atoms with Gasteiger partial charge in [-0.15, -0.1) is 0 Å². The highest BCUT2D eigenvalue weighted by molar-refractivity contribution is 5.93. The number of non-ortho nitro benzene ring substituents is 1. The minimum absolute atomic E-state index is 0.0967. The lowest BCUT2D eigenvalue weighted by Crippen LogP contribution is -2.40. The Morgan fingerprint density at radius 1 is 1.44 bits per heavy atom. The maximum atomic E-state index is 10.9. The Morgan fingerprint density at radius 2 is 2.17 bits per heavy atom. The summed E-state index contributed by atoms with van der Waals surface area (Å²) in [7, 11) is 0. The van der Waals surface area contributed by atoms with Crippen LogP contribution >= 0.6 is 0 Å². The van der Waals surface area contributed by atoms with Crippen LogP contribution < -0.4 is 16.5 Å². The molecule has 0 spiro atoms. The number of nitrogens with two attached hydrogens (primary N) is 1. The van der Waals surface area contributed by atoms with Crippen molar-refractivity contribution in [3.63, 3.8) is 0 Å². The lowest BCUT2D eigenvalue weighted by molar-refractivity contribution is -0.384. The van der Waals surface area contributed by atoms with Gasteiger partial charge in [0.15, 0.2) is 0 Å². The molecule has 4 amide bonds. The zero-order valence-electron chi connectivity index (χ0n) is 8.99. The lowest BCUT2D eigenvalue weighted by Gasteiger charge is -1.98. The molecule has 9 heteroatoms. The molecule has 0 atom stereocenters. The van der Waals surface area contributed by atoms with E-state index in [1.807, 2.05) is 5.43 Å². The van der Waals surface area contributed by atoms with Crippen LogP contribution in [-0.4, -0.2) is 23.2 Å². The monoisotopic (exact) mass is 251 g/mol. The number of nitro benzene ring substituents is 1. The van der Waals surface area contributed by atoms with Gasteiger partial charge in [-0.05, 0) is 0 Å². The van der Waals surface area contributed by atoms with Crippen LogP contribution in [0.4, 0.5) is 15.3 Å². The maximum Gasteiger partial charge on any atom is 0.343 e. The van der Waals surface area contributed by atoms with E-state index in [0.29, 0.717) is 5.56 Å². The molecule has 0 radical (unpaired) electrons. The molecule has 0 fully saturated rings. The maximum absolute atomic E-state index is 10.9. The van der Waals surface area contributed by atoms with Crippen molar-refractivity contribution in [2.75, 3.05) is 0 Å². The van der Waals surface area contributed by atoms with E-state index in [-0.39, 0.29) is 5.69 Å². The molecule has 18 heavy (non-hydrogen) atoms. The van der Waals surface area contributed by atoms with Gasteiger partial charge in [-0.25, -0.2) is 15.0 Å². The number of benzene rings is 1. The summed E-state index contributed by atoms with van der Waals surface area (Å²) in [5.41, 5.74) is 6.97. The van der Waals surface area contributed by atoms with Gasteiger partial charge in [0.05, 0.1) is 11.1 Å². The van der Waals surface area contributed by atoms with E-state index in [4.69, 9.17) is 5.73 Å². The van der Waals surface area contributed by atoms with Crippen LogP contribution in [0.2, 0.25) is 0 Å². The van der Waals surface area contributed by atoms with Gasteiger partial charge in [0.25, 0.3) is 5.69 Å². The van der Waals surface area contributed by atoms with Gasteiger partial charge in [0.1, 0.15) is 0 Å².